The molecule has 2 aromatic rings. The molecule has 2 aliphatic rings. The molecule has 4 nitrogen and oxygen atoms in total. The van der Waals surface area contributed by atoms with Gasteiger partial charge in [-0.25, -0.2) is 0 Å². The highest BCUT2D eigenvalue weighted by Gasteiger charge is 2.36. The summed E-state index contributed by atoms with van der Waals surface area (Å²) in [6.07, 6.45) is 1.57. The summed E-state index contributed by atoms with van der Waals surface area (Å²) >= 11 is 1.67. The van der Waals surface area contributed by atoms with Gasteiger partial charge in [-0.3, -0.25) is 4.79 Å². The molecule has 0 atom stereocenters. The SMILES string of the molecule is COc1ccc(-c2c(N3CCOCC3)sc3c2CC(C)(C)CC3=O)cc1. The maximum Gasteiger partial charge on any atom is 0.173 e. The normalized spacial score (nSPS) is 19.3. The number of hydrogen-bond donors (Lipinski definition) is 0. The van der Waals surface area contributed by atoms with Crippen LogP contribution in [0.4, 0.5) is 5.00 Å². The Bertz CT molecular complexity index is 817. The third-order valence-corrected chi connectivity index (χ3v) is 6.55. The van der Waals surface area contributed by atoms with Gasteiger partial charge in [0.2, 0.25) is 0 Å². The summed E-state index contributed by atoms with van der Waals surface area (Å²) in [5.74, 6) is 1.14. The van der Waals surface area contributed by atoms with Crippen molar-refractivity contribution in [2.45, 2.75) is 26.7 Å². The van der Waals surface area contributed by atoms with Gasteiger partial charge < -0.3 is 14.4 Å². The number of thiophene rings is 1. The smallest absolute Gasteiger partial charge is 0.173 e. The van der Waals surface area contributed by atoms with Crippen LogP contribution in [0.25, 0.3) is 11.1 Å². The maximum absolute atomic E-state index is 12.8. The van der Waals surface area contributed by atoms with Gasteiger partial charge in [-0.05, 0) is 35.1 Å². The maximum atomic E-state index is 12.8. The van der Waals surface area contributed by atoms with E-state index in [-0.39, 0.29) is 11.2 Å². The van der Waals surface area contributed by atoms with Crippen LogP contribution in [0.2, 0.25) is 0 Å². The average Bonchev–Trinajstić information content (AvgIpc) is 3.01. The first kappa shape index (κ1) is 17.6. The number of Topliss-reactive ketones (excluding diaryl/α,β-unsaturated/α-hetero) is 1. The summed E-state index contributed by atoms with van der Waals surface area (Å²) < 4.78 is 10.9. The molecule has 0 bridgehead atoms. The van der Waals surface area contributed by atoms with Crippen LogP contribution in [0.3, 0.4) is 0 Å². The second-order valence-corrected chi connectivity index (χ2v) is 8.86. The highest BCUT2D eigenvalue weighted by molar-refractivity contribution is 7.19. The van der Waals surface area contributed by atoms with Gasteiger partial charge in [0.15, 0.2) is 5.78 Å². The van der Waals surface area contributed by atoms with Crippen LogP contribution >= 0.6 is 11.3 Å². The minimum Gasteiger partial charge on any atom is -0.497 e. The summed E-state index contributed by atoms with van der Waals surface area (Å²) in [5, 5.41) is 1.22. The molecule has 1 aliphatic carbocycles. The van der Waals surface area contributed by atoms with E-state index in [9.17, 15) is 4.79 Å². The molecule has 138 valence electrons. The first-order chi connectivity index (χ1) is 12.5. The van der Waals surface area contributed by atoms with Crippen molar-refractivity contribution in [1.29, 1.82) is 0 Å². The molecule has 0 radical (unpaired) electrons. The van der Waals surface area contributed by atoms with Gasteiger partial charge in [-0.2, -0.15) is 0 Å². The summed E-state index contributed by atoms with van der Waals surface area (Å²) in [7, 11) is 1.68. The number of ether oxygens (including phenoxy) is 2. The minimum absolute atomic E-state index is 0.00859. The van der Waals surface area contributed by atoms with Gasteiger partial charge in [-0.1, -0.05) is 26.0 Å². The summed E-state index contributed by atoms with van der Waals surface area (Å²) in [4.78, 5) is 16.2. The van der Waals surface area contributed by atoms with E-state index >= 15 is 0 Å². The number of fused-ring (bicyclic) bond motifs is 1. The molecule has 26 heavy (non-hydrogen) atoms. The minimum atomic E-state index is 0.00859. The van der Waals surface area contributed by atoms with Crippen LogP contribution in [0.1, 0.15) is 35.5 Å². The number of morpholine rings is 1. The predicted molar refractivity (Wildman–Crippen MR) is 106 cm³/mol. The number of ketones is 1. The molecule has 0 N–H and O–H groups in total. The molecule has 4 rings (SSSR count). The van der Waals surface area contributed by atoms with Crippen LogP contribution in [0, 0.1) is 5.41 Å². The molecular weight excluding hydrogens is 346 g/mol. The lowest BCUT2D eigenvalue weighted by Crippen LogP contribution is -2.36. The fraction of sp³-hybridized carbons (Fsp3) is 0.476. The predicted octanol–water partition coefficient (Wildman–Crippen LogP) is 4.42. The molecule has 0 spiro atoms. The number of methoxy groups -OCH3 is 1. The monoisotopic (exact) mass is 371 g/mol. The van der Waals surface area contributed by atoms with Gasteiger partial charge in [-0.15, -0.1) is 11.3 Å². The highest BCUT2D eigenvalue weighted by Crippen LogP contribution is 2.49. The molecule has 5 heteroatoms. The van der Waals surface area contributed by atoms with Crippen molar-refractivity contribution in [1.82, 2.24) is 0 Å². The topological polar surface area (TPSA) is 38.8 Å². The zero-order valence-corrected chi connectivity index (χ0v) is 16.4. The van der Waals surface area contributed by atoms with E-state index in [4.69, 9.17) is 9.47 Å². The Labute approximate surface area is 158 Å². The van der Waals surface area contributed by atoms with E-state index in [1.54, 1.807) is 18.4 Å². The third-order valence-electron chi connectivity index (χ3n) is 5.21. The van der Waals surface area contributed by atoms with Gasteiger partial charge in [0, 0.05) is 25.1 Å². The molecule has 1 aliphatic heterocycles. The van der Waals surface area contributed by atoms with Crippen molar-refractivity contribution >= 4 is 22.1 Å². The van der Waals surface area contributed by atoms with E-state index in [0.717, 1.165) is 48.9 Å². The van der Waals surface area contributed by atoms with Crippen LogP contribution in [0.15, 0.2) is 24.3 Å². The number of benzene rings is 1. The van der Waals surface area contributed by atoms with Crippen molar-refractivity contribution in [3.63, 3.8) is 0 Å². The van der Waals surface area contributed by atoms with Crippen molar-refractivity contribution < 1.29 is 14.3 Å². The number of nitrogens with zero attached hydrogens (tertiary/aromatic N) is 1. The van der Waals surface area contributed by atoms with Crippen LogP contribution in [-0.2, 0) is 11.2 Å². The lowest BCUT2D eigenvalue weighted by molar-refractivity contribution is 0.0918. The standard InChI is InChI=1S/C21H25NO3S/c1-21(2)12-16-18(14-4-6-15(24-3)7-5-14)20(22-8-10-25-11-9-22)26-19(16)17(23)13-21/h4-7H,8-13H2,1-3H3. The fourth-order valence-electron chi connectivity index (χ4n) is 3.95. The van der Waals surface area contributed by atoms with E-state index < -0.39 is 0 Å². The second kappa shape index (κ2) is 6.71. The number of hydrogen-bond acceptors (Lipinski definition) is 5. The number of anilines is 1. The quantitative estimate of drug-likeness (QED) is 0.801. The lowest BCUT2D eigenvalue weighted by atomic mass is 9.75. The molecule has 1 fully saturated rings. The van der Waals surface area contributed by atoms with E-state index in [0.29, 0.717) is 6.42 Å². The Hall–Kier alpha value is -1.85. The number of carbonyl (C=O) groups excluding carboxylic acids is 1. The Balaban J connectivity index is 1.87. The van der Waals surface area contributed by atoms with Crippen molar-refractivity contribution in [3.05, 3.63) is 34.7 Å². The Kier molecular flexibility index (Phi) is 4.53. The van der Waals surface area contributed by atoms with Crippen molar-refractivity contribution in [2.75, 3.05) is 38.3 Å². The number of carbonyl (C=O) groups is 1. The van der Waals surface area contributed by atoms with Gasteiger partial charge in [0.25, 0.3) is 0 Å². The molecule has 1 aromatic carbocycles. The van der Waals surface area contributed by atoms with E-state index in [1.165, 1.54) is 16.1 Å². The summed E-state index contributed by atoms with van der Waals surface area (Å²) in [6, 6.07) is 8.21. The lowest BCUT2D eigenvalue weighted by Gasteiger charge is -2.30. The Morgan fingerprint density at radius 2 is 1.81 bits per heavy atom. The average molecular weight is 372 g/mol. The van der Waals surface area contributed by atoms with Crippen LogP contribution < -0.4 is 9.64 Å². The molecule has 0 saturated carbocycles. The molecule has 0 unspecified atom stereocenters. The van der Waals surface area contributed by atoms with E-state index in [1.807, 2.05) is 12.1 Å². The van der Waals surface area contributed by atoms with Gasteiger partial charge in [0.1, 0.15) is 5.75 Å². The molecule has 0 amide bonds. The van der Waals surface area contributed by atoms with Crippen LogP contribution in [0.5, 0.6) is 5.75 Å². The second-order valence-electron chi connectivity index (χ2n) is 7.86. The zero-order valence-electron chi connectivity index (χ0n) is 15.6. The Morgan fingerprint density at radius 3 is 2.46 bits per heavy atom. The third kappa shape index (κ3) is 3.14. The largest absolute Gasteiger partial charge is 0.497 e. The molecule has 2 heterocycles. The molecular formula is C21H25NO3S. The summed E-state index contributed by atoms with van der Waals surface area (Å²) in [5.41, 5.74) is 3.63. The van der Waals surface area contributed by atoms with Gasteiger partial charge >= 0.3 is 0 Å². The highest BCUT2D eigenvalue weighted by atomic mass is 32.1. The van der Waals surface area contributed by atoms with Crippen molar-refractivity contribution in [2.24, 2.45) is 5.41 Å². The fourth-order valence-corrected chi connectivity index (χ4v) is 5.28. The van der Waals surface area contributed by atoms with Crippen LogP contribution in [-0.4, -0.2) is 39.2 Å². The first-order valence-electron chi connectivity index (χ1n) is 9.14. The van der Waals surface area contributed by atoms with Gasteiger partial charge in [0.05, 0.1) is 30.2 Å². The zero-order chi connectivity index (χ0) is 18.3. The first-order valence-corrected chi connectivity index (χ1v) is 9.96. The number of rotatable bonds is 3. The van der Waals surface area contributed by atoms with Crippen molar-refractivity contribution in [3.8, 4) is 16.9 Å². The van der Waals surface area contributed by atoms with E-state index in [2.05, 4.69) is 30.9 Å². The summed E-state index contributed by atoms with van der Waals surface area (Å²) in [6.45, 7) is 7.61. The Morgan fingerprint density at radius 1 is 1.12 bits per heavy atom. The molecule has 1 saturated heterocycles. The molecule has 1 aromatic heterocycles.